The molecule has 0 saturated carbocycles. The molecule has 19 heavy (non-hydrogen) atoms. The minimum Gasteiger partial charge on any atom is -0.481 e. The Bertz CT molecular complexity index is 490. The highest BCUT2D eigenvalue weighted by molar-refractivity contribution is 5.94. The zero-order valence-corrected chi connectivity index (χ0v) is 10.9. The highest BCUT2D eigenvalue weighted by atomic mass is 16.4. The molecule has 0 heterocycles. The van der Waals surface area contributed by atoms with Crippen molar-refractivity contribution in [2.24, 2.45) is 5.92 Å². The van der Waals surface area contributed by atoms with Crippen LogP contribution in [-0.4, -0.2) is 33.2 Å². The van der Waals surface area contributed by atoms with Crippen molar-refractivity contribution >= 4 is 17.9 Å². The number of carboxylic acid groups (broad SMARTS) is 3. The number of aromatic carboxylic acids is 2. The van der Waals surface area contributed by atoms with E-state index < -0.39 is 17.9 Å². The number of aryl methyl sites for hydroxylation is 1. The summed E-state index contributed by atoms with van der Waals surface area (Å²) in [5.74, 6) is -3.21. The van der Waals surface area contributed by atoms with Gasteiger partial charge in [-0.05, 0) is 24.6 Å². The second-order valence-electron chi connectivity index (χ2n) is 4.13. The first kappa shape index (κ1) is 16.6. The van der Waals surface area contributed by atoms with Gasteiger partial charge in [0.25, 0.3) is 0 Å². The highest BCUT2D eigenvalue weighted by Crippen LogP contribution is 2.11. The first-order valence-corrected chi connectivity index (χ1v) is 5.46. The number of benzene rings is 1. The van der Waals surface area contributed by atoms with Gasteiger partial charge in [0.05, 0.1) is 17.0 Å². The van der Waals surface area contributed by atoms with Crippen LogP contribution in [0, 0.1) is 12.8 Å². The molecule has 0 saturated heterocycles. The number of hydrogen-bond donors (Lipinski definition) is 3. The molecule has 0 aliphatic heterocycles. The number of carboxylic acids is 3. The monoisotopic (exact) mass is 268 g/mol. The van der Waals surface area contributed by atoms with Crippen molar-refractivity contribution in [3.8, 4) is 0 Å². The Labute approximate surface area is 110 Å². The van der Waals surface area contributed by atoms with Crippen molar-refractivity contribution in [1.82, 2.24) is 0 Å². The van der Waals surface area contributed by atoms with Crippen LogP contribution in [0.5, 0.6) is 0 Å². The van der Waals surface area contributed by atoms with Crippen LogP contribution in [0.4, 0.5) is 0 Å². The van der Waals surface area contributed by atoms with E-state index in [2.05, 4.69) is 0 Å². The van der Waals surface area contributed by atoms with Crippen molar-refractivity contribution in [2.45, 2.75) is 20.8 Å². The van der Waals surface area contributed by atoms with E-state index in [-0.39, 0.29) is 17.0 Å². The Balaban J connectivity index is 0.000000459. The van der Waals surface area contributed by atoms with E-state index >= 15 is 0 Å². The van der Waals surface area contributed by atoms with Gasteiger partial charge < -0.3 is 15.3 Å². The van der Waals surface area contributed by atoms with Crippen LogP contribution < -0.4 is 0 Å². The maximum Gasteiger partial charge on any atom is 0.335 e. The van der Waals surface area contributed by atoms with Gasteiger partial charge in [0.1, 0.15) is 0 Å². The van der Waals surface area contributed by atoms with Crippen LogP contribution in [0.1, 0.15) is 40.1 Å². The summed E-state index contributed by atoms with van der Waals surface area (Å²) in [6.45, 7) is 4.90. The van der Waals surface area contributed by atoms with Gasteiger partial charge in [-0.3, -0.25) is 4.79 Å². The summed E-state index contributed by atoms with van der Waals surface area (Å²) in [4.78, 5) is 30.8. The summed E-state index contributed by atoms with van der Waals surface area (Å²) in [6, 6.07) is 4.01. The molecule has 1 aromatic rings. The topological polar surface area (TPSA) is 112 Å². The molecule has 0 radical (unpaired) electrons. The van der Waals surface area contributed by atoms with Gasteiger partial charge in [0.2, 0.25) is 0 Å². The average Bonchev–Trinajstić information content (AvgIpc) is 2.29. The van der Waals surface area contributed by atoms with Crippen molar-refractivity contribution in [3.05, 3.63) is 34.9 Å². The molecule has 0 aromatic heterocycles. The quantitative estimate of drug-likeness (QED) is 0.774. The zero-order valence-electron chi connectivity index (χ0n) is 10.9. The molecule has 0 fully saturated rings. The van der Waals surface area contributed by atoms with Crippen molar-refractivity contribution < 1.29 is 29.7 Å². The van der Waals surface area contributed by atoms with E-state index in [1.807, 2.05) is 0 Å². The summed E-state index contributed by atoms with van der Waals surface area (Å²) in [5.41, 5.74) is 0.570. The predicted molar refractivity (Wildman–Crippen MR) is 67.6 cm³/mol. The molecule has 1 aromatic carbocycles. The Morgan fingerprint density at radius 3 is 1.79 bits per heavy atom. The number of hydrogen-bond acceptors (Lipinski definition) is 3. The molecule has 6 heteroatoms. The molecule has 0 amide bonds. The highest BCUT2D eigenvalue weighted by Gasteiger charge is 2.10. The largest absolute Gasteiger partial charge is 0.481 e. The van der Waals surface area contributed by atoms with Gasteiger partial charge in [0.15, 0.2) is 0 Å². The second kappa shape index (κ2) is 7.15. The first-order valence-electron chi connectivity index (χ1n) is 5.46. The summed E-state index contributed by atoms with van der Waals surface area (Å²) in [7, 11) is 0. The SMILES string of the molecule is CC(C)C(=O)O.Cc1ccc(C(=O)O)cc1C(=O)O. The Morgan fingerprint density at radius 2 is 1.47 bits per heavy atom. The van der Waals surface area contributed by atoms with Crippen LogP contribution in [0.3, 0.4) is 0 Å². The van der Waals surface area contributed by atoms with Crippen LogP contribution in [-0.2, 0) is 4.79 Å². The van der Waals surface area contributed by atoms with Gasteiger partial charge >= 0.3 is 17.9 Å². The van der Waals surface area contributed by atoms with Gasteiger partial charge in [-0.1, -0.05) is 19.9 Å². The Kier molecular flexibility index (Phi) is 6.26. The summed E-state index contributed by atoms with van der Waals surface area (Å²) in [5, 5.41) is 25.3. The molecular formula is C13H16O6. The van der Waals surface area contributed by atoms with E-state index in [0.717, 1.165) is 6.07 Å². The summed E-state index contributed by atoms with van der Waals surface area (Å²) in [6.07, 6.45) is 0. The minimum absolute atomic E-state index is 0.0111. The van der Waals surface area contributed by atoms with Gasteiger partial charge in [-0.2, -0.15) is 0 Å². The number of aliphatic carboxylic acids is 1. The van der Waals surface area contributed by atoms with Crippen molar-refractivity contribution in [1.29, 1.82) is 0 Å². The standard InChI is InChI=1S/C9H8O4.C4H8O2/c1-5-2-3-6(8(10)11)4-7(5)9(12)13;1-3(2)4(5)6/h2-4H,1H3,(H,10,11)(H,12,13);3H,1-2H3,(H,5,6). The molecule has 0 aliphatic rings. The molecule has 1 rings (SSSR count). The van der Waals surface area contributed by atoms with E-state index in [9.17, 15) is 14.4 Å². The fraction of sp³-hybridized carbons (Fsp3) is 0.308. The Morgan fingerprint density at radius 1 is 1.00 bits per heavy atom. The average molecular weight is 268 g/mol. The summed E-state index contributed by atoms with van der Waals surface area (Å²) < 4.78 is 0. The number of carbonyl (C=O) groups is 3. The maximum absolute atomic E-state index is 10.6. The van der Waals surface area contributed by atoms with E-state index in [0.29, 0.717) is 5.56 Å². The van der Waals surface area contributed by atoms with Crippen LogP contribution >= 0.6 is 0 Å². The lowest BCUT2D eigenvalue weighted by Gasteiger charge is -2.01. The van der Waals surface area contributed by atoms with Crippen LogP contribution in [0.2, 0.25) is 0 Å². The molecule has 6 nitrogen and oxygen atoms in total. The van der Waals surface area contributed by atoms with E-state index in [1.54, 1.807) is 20.8 Å². The van der Waals surface area contributed by atoms with Crippen LogP contribution in [0.15, 0.2) is 18.2 Å². The van der Waals surface area contributed by atoms with Crippen molar-refractivity contribution in [3.63, 3.8) is 0 Å². The Hall–Kier alpha value is -2.37. The van der Waals surface area contributed by atoms with E-state index in [1.165, 1.54) is 12.1 Å². The molecule has 0 bridgehead atoms. The third kappa shape index (κ3) is 5.67. The van der Waals surface area contributed by atoms with Gasteiger partial charge in [-0.25, -0.2) is 9.59 Å². The van der Waals surface area contributed by atoms with Crippen molar-refractivity contribution in [2.75, 3.05) is 0 Å². The third-order valence-corrected chi connectivity index (χ3v) is 2.21. The van der Waals surface area contributed by atoms with Crippen LogP contribution in [0.25, 0.3) is 0 Å². The smallest absolute Gasteiger partial charge is 0.335 e. The molecule has 0 spiro atoms. The lowest BCUT2D eigenvalue weighted by Crippen LogP contribution is -2.03. The number of rotatable bonds is 3. The molecule has 104 valence electrons. The normalized spacial score (nSPS) is 9.47. The van der Waals surface area contributed by atoms with Gasteiger partial charge in [-0.15, -0.1) is 0 Å². The molecule has 0 unspecified atom stereocenters. The second-order valence-corrected chi connectivity index (χ2v) is 4.13. The predicted octanol–water partition coefficient (Wildman–Crippen LogP) is 2.12. The first-order chi connectivity index (χ1) is 8.66. The lowest BCUT2D eigenvalue weighted by atomic mass is 10.1. The van der Waals surface area contributed by atoms with E-state index in [4.69, 9.17) is 15.3 Å². The third-order valence-electron chi connectivity index (χ3n) is 2.21. The molecule has 3 N–H and O–H groups in total. The molecule has 0 aliphatic carbocycles. The maximum atomic E-state index is 10.6. The molecule has 0 atom stereocenters. The lowest BCUT2D eigenvalue weighted by molar-refractivity contribution is -0.140. The fourth-order valence-corrected chi connectivity index (χ4v) is 0.985. The van der Waals surface area contributed by atoms with Gasteiger partial charge in [0, 0.05) is 0 Å². The minimum atomic E-state index is -1.12. The zero-order chi connectivity index (χ0) is 15.2. The molecular weight excluding hydrogens is 252 g/mol. The summed E-state index contributed by atoms with van der Waals surface area (Å²) >= 11 is 0. The fourth-order valence-electron chi connectivity index (χ4n) is 0.985.